The number of rotatable bonds is 5. The zero-order valence-electron chi connectivity index (χ0n) is 19.8. The lowest BCUT2D eigenvalue weighted by molar-refractivity contribution is -0.179. The predicted molar refractivity (Wildman–Crippen MR) is 119 cm³/mol. The number of ketones is 1. The lowest BCUT2D eigenvalue weighted by Gasteiger charge is -2.61. The Morgan fingerprint density at radius 1 is 0.931 bits per heavy atom. The smallest absolute Gasteiger partial charge is 0.165 e. The molecule has 4 rings (SSSR count). The number of hydrogen-bond acceptors (Lipinski definition) is 2. The summed E-state index contributed by atoms with van der Waals surface area (Å²) in [5, 5.41) is 11.3. The predicted octanol–water partition coefficient (Wildman–Crippen LogP) is 6.65. The summed E-state index contributed by atoms with van der Waals surface area (Å²) < 4.78 is 0. The molecule has 0 aromatic heterocycles. The van der Waals surface area contributed by atoms with E-state index in [1.165, 1.54) is 64.2 Å². The average Bonchev–Trinajstić information content (AvgIpc) is 3.02. The number of carbonyl (C=O) groups is 1. The second kappa shape index (κ2) is 7.95. The zero-order chi connectivity index (χ0) is 21.0. The Hall–Kier alpha value is -0.370. The highest BCUT2D eigenvalue weighted by Gasteiger charge is 2.64. The second-order valence-corrected chi connectivity index (χ2v) is 12.5. The van der Waals surface area contributed by atoms with Gasteiger partial charge in [-0.2, -0.15) is 0 Å². The first-order chi connectivity index (χ1) is 13.7. The van der Waals surface area contributed by atoms with Crippen LogP contribution < -0.4 is 0 Å². The molecule has 0 spiro atoms. The minimum absolute atomic E-state index is 0.129. The molecule has 9 atom stereocenters. The molecule has 4 aliphatic carbocycles. The summed E-state index contributed by atoms with van der Waals surface area (Å²) in [6.45, 7) is 12.1. The van der Waals surface area contributed by atoms with E-state index >= 15 is 0 Å². The summed E-state index contributed by atoms with van der Waals surface area (Å²) in [5.41, 5.74) is 0.485. The van der Waals surface area contributed by atoms with E-state index in [0.29, 0.717) is 17.3 Å². The van der Waals surface area contributed by atoms with Crippen LogP contribution in [-0.4, -0.2) is 17.0 Å². The monoisotopic (exact) mass is 402 g/mol. The van der Waals surface area contributed by atoms with Crippen molar-refractivity contribution < 1.29 is 9.90 Å². The van der Waals surface area contributed by atoms with Gasteiger partial charge in [0.1, 0.15) is 6.10 Å². The highest BCUT2D eigenvalue weighted by Crippen LogP contribution is 2.67. The fraction of sp³-hybridized carbons (Fsp3) is 0.963. The molecule has 2 unspecified atom stereocenters. The lowest BCUT2D eigenvalue weighted by atomic mass is 9.43. The maximum absolute atomic E-state index is 13.3. The van der Waals surface area contributed by atoms with Gasteiger partial charge in [-0.3, -0.25) is 4.79 Å². The normalized spacial score (nSPS) is 48.2. The minimum atomic E-state index is -0.684. The lowest BCUT2D eigenvalue weighted by Crippen LogP contribution is -2.61. The molecule has 0 aromatic rings. The largest absolute Gasteiger partial charge is 0.385 e. The maximum atomic E-state index is 13.3. The Bertz CT molecular complexity index is 612. The summed E-state index contributed by atoms with van der Waals surface area (Å²) in [5.74, 6) is 4.04. The SMILES string of the molecule is CC(C)CCC[C@@H](C)[C@H]1CC[C@H]2[C@@H]3C(O)C(=O)C4CCCC[C@]4(C)[C@H]3CC[C@]12C. The Morgan fingerprint density at radius 3 is 2.38 bits per heavy atom. The number of carbonyl (C=O) groups excluding carboxylic acids is 1. The van der Waals surface area contributed by atoms with Crippen LogP contribution in [0, 0.1) is 52.3 Å². The minimum Gasteiger partial charge on any atom is -0.385 e. The molecule has 4 fully saturated rings. The first-order valence-corrected chi connectivity index (χ1v) is 12.9. The molecule has 0 saturated heterocycles. The van der Waals surface area contributed by atoms with Gasteiger partial charge >= 0.3 is 0 Å². The van der Waals surface area contributed by atoms with Crippen molar-refractivity contribution >= 4 is 5.78 Å². The van der Waals surface area contributed by atoms with E-state index < -0.39 is 6.10 Å². The van der Waals surface area contributed by atoms with E-state index in [9.17, 15) is 9.90 Å². The summed E-state index contributed by atoms with van der Waals surface area (Å²) in [7, 11) is 0. The van der Waals surface area contributed by atoms with Crippen LogP contribution in [0.2, 0.25) is 0 Å². The second-order valence-electron chi connectivity index (χ2n) is 12.5. The molecular weight excluding hydrogens is 356 g/mol. The van der Waals surface area contributed by atoms with Crippen molar-refractivity contribution in [3.63, 3.8) is 0 Å². The van der Waals surface area contributed by atoms with Gasteiger partial charge in [0.15, 0.2) is 5.78 Å². The fourth-order valence-electron chi connectivity index (χ4n) is 9.09. The van der Waals surface area contributed by atoms with Crippen molar-refractivity contribution in [1.82, 2.24) is 0 Å². The summed E-state index contributed by atoms with van der Waals surface area (Å²) in [4.78, 5) is 13.3. The van der Waals surface area contributed by atoms with Gasteiger partial charge in [-0.1, -0.05) is 66.7 Å². The van der Waals surface area contributed by atoms with Gasteiger partial charge < -0.3 is 5.11 Å². The molecule has 0 amide bonds. The highest BCUT2D eigenvalue weighted by atomic mass is 16.3. The summed E-state index contributed by atoms with van der Waals surface area (Å²) in [6, 6.07) is 0. The number of Topliss-reactive ketones (excluding diaryl/α,β-unsaturated/α-hetero) is 1. The quantitative estimate of drug-likeness (QED) is 0.559. The van der Waals surface area contributed by atoms with Crippen LogP contribution in [0.15, 0.2) is 0 Å². The maximum Gasteiger partial charge on any atom is 0.165 e. The number of aliphatic hydroxyl groups is 1. The van der Waals surface area contributed by atoms with E-state index in [-0.39, 0.29) is 23.0 Å². The molecular formula is C27H46O2. The van der Waals surface area contributed by atoms with Crippen LogP contribution in [0.25, 0.3) is 0 Å². The molecule has 0 aliphatic heterocycles. The number of fused-ring (bicyclic) bond motifs is 5. The number of aliphatic hydroxyl groups excluding tert-OH is 1. The molecule has 2 heteroatoms. The van der Waals surface area contributed by atoms with Gasteiger partial charge in [0.25, 0.3) is 0 Å². The van der Waals surface area contributed by atoms with Crippen molar-refractivity contribution in [3.8, 4) is 0 Å². The molecule has 2 nitrogen and oxygen atoms in total. The van der Waals surface area contributed by atoms with Gasteiger partial charge in [-0.05, 0) is 84.9 Å². The summed E-state index contributed by atoms with van der Waals surface area (Å²) >= 11 is 0. The van der Waals surface area contributed by atoms with Gasteiger partial charge in [-0.25, -0.2) is 0 Å². The molecule has 1 N–H and O–H groups in total. The molecule has 0 aromatic carbocycles. The third kappa shape index (κ3) is 3.44. The van der Waals surface area contributed by atoms with Gasteiger partial charge in [0.2, 0.25) is 0 Å². The Labute approximate surface area is 179 Å². The standard InChI is InChI=1S/C27H46O2/c1-17(2)9-8-10-18(3)19-12-13-20-23-21(14-16-27(19,20)5)26(4)15-7-6-11-22(26)24(28)25(23)29/h17-23,25,29H,6-16H2,1-5H3/t18-,19-,20+,21+,22?,23+,25?,26-,27-/m1/s1. The fourth-order valence-corrected chi connectivity index (χ4v) is 9.09. The van der Waals surface area contributed by atoms with Crippen molar-refractivity contribution in [2.75, 3.05) is 0 Å². The van der Waals surface area contributed by atoms with Crippen LogP contribution >= 0.6 is 0 Å². The van der Waals surface area contributed by atoms with E-state index in [1.807, 2.05) is 0 Å². The van der Waals surface area contributed by atoms with Gasteiger partial charge in [0.05, 0.1) is 0 Å². The topological polar surface area (TPSA) is 37.3 Å². The molecule has 0 radical (unpaired) electrons. The molecule has 4 saturated carbocycles. The first kappa shape index (κ1) is 21.8. The van der Waals surface area contributed by atoms with E-state index in [2.05, 4.69) is 34.6 Å². The van der Waals surface area contributed by atoms with Crippen molar-refractivity contribution in [1.29, 1.82) is 0 Å². The zero-order valence-corrected chi connectivity index (χ0v) is 19.8. The van der Waals surface area contributed by atoms with Crippen LogP contribution in [0.1, 0.15) is 105 Å². The molecule has 0 bridgehead atoms. The van der Waals surface area contributed by atoms with E-state index in [4.69, 9.17) is 0 Å². The molecule has 166 valence electrons. The third-order valence-electron chi connectivity index (χ3n) is 10.6. The third-order valence-corrected chi connectivity index (χ3v) is 10.6. The Morgan fingerprint density at radius 2 is 1.66 bits per heavy atom. The van der Waals surface area contributed by atoms with Crippen molar-refractivity contribution in [3.05, 3.63) is 0 Å². The van der Waals surface area contributed by atoms with Crippen molar-refractivity contribution in [2.24, 2.45) is 52.3 Å². The molecule has 0 heterocycles. The molecule has 29 heavy (non-hydrogen) atoms. The van der Waals surface area contributed by atoms with Gasteiger partial charge in [0, 0.05) is 5.92 Å². The molecule has 4 aliphatic rings. The van der Waals surface area contributed by atoms with E-state index in [1.54, 1.807) is 0 Å². The summed E-state index contributed by atoms with van der Waals surface area (Å²) in [6.07, 6.45) is 13.1. The highest BCUT2D eigenvalue weighted by molar-refractivity contribution is 5.87. The van der Waals surface area contributed by atoms with Crippen LogP contribution in [0.4, 0.5) is 0 Å². The Kier molecular flexibility index (Phi) is 5.99. The van der Waals surface area contributed by atoms with Crippen LogP contribution in [0.5, 0.6) is 0 Å². The van der Waals surface area contributed by atoms with Crippen LogP contribution in [-0.2, 0) is 4.79 Å². The Balaban J connectivity index is 1.55. The van der Waals surface area contributed by atoms with E-state index in [0.717, 1.165) is 24.2 Å². The van der Waals surface area contributed by atoms with Gasteiger partial charge in [-0.15, -0.1) is 0 Å². The van der Waals surface area contributed by atoms with Crippen molar-refractivity contribution in [2.45, 2.75) is 111 Å². The first-order valence-electron chi connectivity index (χ1n) is 12.9. The number of hydrogen-bond donors (Lipinski definition) is 1. The van der Waals surface area contributed by atoms with Crippen LogP contribution in [0.3, 0.4) is 0 Å². The average molecular weight is 403 g/mol.